The molecular weight excluding hydrogens is 325 g/mol. The highest BCUT2D eigenvalue weighted by Gasteiger charge is 2.45. The Morgan fingerprint density at radius 1 is 1.21 bits per heavy atom. The third-order valence-electron chi connectivity index (χ3n) is 4.88. The summed E-state index contributed by atoms with van der Waals surface area (Å²) in [7, 11) is 0. The van der Waals surface area contributed by atoms with Gasteiger partial charge < -0.3 is 4.90 Å². The minimum Gasteiger partial charge on any atom is -0.339 e. The quantitative estimate of drug-likeness (QED) is 0.733. The molecule has 0 spiro atoms. The van der Waals surface area contributed by atoms with E-state index in [2.05, 4.69) is 19.8 Å². The lowest BCUT2D eigenvalue weighted by atomic mass is 9.88. The molecule has 5 nitrogen and oxygen atoms in total. The molecule has 3 aromatic rings. The van der Waals surface area contributed by atoms with Crippen molar-refractivity contribution in [3.8, 4) is 0 Å². The fourth-order valence-corrected chi connectivity index (χ4v) is 4.84. The fourth-order valence-electron chi connectivity index (χ4n) is 3.76. The Bertz CT molecular complexity index is 852. The fraction of sp³-hybridized carbons (Fsp3) is 0.353. The summed E-state index contributed by atoms with van der Waals surface area (Å²) in [6.07, 6.45) is 6.48. The molecule has 3 aromatic heterocycles. The van der Waals surface area contributed by atoms with Crippen LogP contribution in [0.3, 0.4) is 0 Å². The number of nitrogens with zero attached hydrogens (tertiary/aromatic N) is 5. The van der Waals surface area contributed by atoms with Crippen molar-refractivity contribution >= 4 is 26.7 Å². The van der Waals surface area contributed by atoms with Gasteiger partial charge in [0.1, 0.15) is 11.3 Å². The summed E-state index contributed by atoms with van der Waals surface area (Å²) in [6, 6.07) is 6.06. The van der Waals surface area contributed by atoms with E-state index in [4.69, 9.17) is 4.98 Å². The maximum absolute atomic E-state index is 13.8. The predicted molar refractivity (Wildman–Crippen MR) is 91.6 cm³/mol. The van der Waals surface area contributed by atoms with Crippen LogP contribution in [0, 0.1) is 5.82 Å². The van der Waals surface area contributed by atoms with Crippen molar-refractivity contribution in [1.82, 2.24) is 19.9 Å². The van der Waals surface area contributed by atoms with Crippen LogP contribution >= 0.6 is 11.3 Å². The lowest BCUT2D eigenvalue weighted by Crippen LogP contribution is -2.68. The zero-order valence-electron chi connectivity index (χ0n) is 13.0. The number of piperazine rings is 1. The number of piperidine rings is 1. The maximum Gasteiger partial charge on any atom is 0.187 e. The first kappa shape index (κ1) is 14.2. The van der Waals surface area contributed by atoms with E-state index in [0.29, 0.717) is 24.3 Å². The Hall–Kier alpha value is -2.12. The molecule has 122 valence electrons. The van der Waals surface area contributed by atoms with Crippen LogP contribution < -0.4 is 4.90 Å². The van der Waals surface area contributed by atoms with Gasteiger partial charge in [-0.15, -0.1) is 0 Å². The topological polar surface area (TPSA) is 45.2 Å². The van der Waals surface area contributed by atoms with Crippen molar-refractivity contribution in [2.24, 2.45) is 0 Å². The zero-order valence-corrected chi connectivity index (χ0v) is 13.8. The summed E-state index contributed by atoms with van der Waals surface area (Å²) in [5, 5.41) is 1.09. The lowest BCUT2D eigenvalue weighted by Gasteiger charge is -2.56. The second-order valence-corrected chi connectivity index (χ2v) is 7.43. The van der Waals surface area contributed by atoms with Gasteiger partial charge in [-0.1, -0.05) is 11.3 Å². The highest BCUT2D eigenvalue weighted by molar-refractivity contribution is 7.22. The number of anilines is 1. The standard InChI is InChI=1S/C17H16FN5S/c18-13-2-1-4-20-15(13)10-22-8-11-6-12(9-22)23(11)17-21-14-7-19-5-3-16(14)24-17/h1-5,7,11-12H,6,8-10H2. The van der Waals surface area contributed by atoms with Gasteiger partial charge in [0.05, 0.1) is 16.6 Å². The Labute approximate surface area is 142 Å². The molecule has 6 heterocycles. The number of halogens is 1. The molecule has 6 rings (SSSR count). The summed E-state index contributed by atoms with van der Waals surface area (Å²) in [4.78, 5) is 17.8. The number of aromatic nitrogens is 3. The van der Waals surface area contributed by atoms with Gasteiger partial charge in [-0.2, -0.15) is 0 Å². The van der Waals surface area contributed by atoms with E-state index < -0.39 is 0 Å². The van der Waals surface area contributed by atoms with Crippen molar-refractivity contribution in [3.05, 3.63) is 48.3 Å². The van der Waals surface area contributed by atoms with Gasteiger partial charge in [0.25, 0.3) is 0 Å². The largest absolute Gasteiger partial charge is 0.339 e. The van der Waals surface area contributed by atoms with Crippen LogP contribution in [0.1, 0.15) is 12.1 Å². The molecule has 3 saturated heterocycles. The van der Waals surface area contributed by atoms with Gasteiger partial charge in [0.2, 0.25) is 0 Å². The molecule has 0 amide bonds. The number of pyridine rings is 2. The first-order valence-electron chi connectivity index (χ1n) is 8.08. The van der Waals surface area contributed by atoms with E-state index in [1.807, 2.05) is 18.5 Å². The molecule has 0 N–H and O–H groups in total. The van der Waals surface area contributed by atoms with Crippen LogP contribution in [-0.4, -0.2) is 45.0 Å². The number of hydrogen-bond acceptors (Lipinski definition) is 6. The first-order valence-corrected chi connectivity index (χ1v) is 8.90. The molecule has 2 atom stereocenters. The van der Waals surface area contributed by atoms with E-state index in [1.165, 1.54) is 17.2 Å². The molecule has 24 heavy (non-hydrogen) atoms. The van der Waals surface area contributed by atoms with Crippen molar-refractivity contribution in [1.29, 1.82) is 0 Å². The number of fused-ring (bicyclic) bond motifs is 3. The SMILES string of the molecule is Fc1cccnc1CN1CC2CC(C1)N2c1nc2cnccc2s1. The molecule has 3 aliphatic rings. The monoisotopic (exact) mass is 341 g/mol. The van der Waals surface area contributed by atoms with Crippen LogP contribution in [0.15, 0.2) is 36.8 Å². The van der Waals surface area contributed by atoms with E-state index in [-0.39, 0.29) is 5.82 Å². The van der Waals surface area contributed by atoms with Gasteiger partial charge >= 0.3 is 0 Å². The average molecular weight is 341 g/mol. The van der Waals surface area contributed by atoms with Crippen LogP contribution in [0.25, 0.3) is 10.2 Å². The maximum atomic E-state index is 13.8. The molecule has 0 radical (unpaired) electrons. The number of hydrogen-bond donors (Lipinski definition) is 0. The third-order valence-corrected chi connectivity index (χ3v) is 5.93. The zero-order chi connectivity index (χ0) is 16.1. The molecule has 0 aliphatic carbocycles. The number of rotatable bonds is 3. The molecular formula is C17H16FN5S. The van der Waals surface area contributed by atoms with Gasteiger partial charge in [0, 0.05) is 44.1 Å². The van der Waals surface area contributed by atoms with E-state index >= 15 is 0 Å². The van der Waals surface area contributed by atoms with E-state index in [0.717, 1.165) is 23.7 Å². The third kappa shape index (κ3) is 2.27. The van der Waals surface area contributed by atoms with Gasteiger partial charge in [0.15, 0.2) is 5.13 Å². The number of thiazole rings is 1. The molecule has 3 aliphatic heterocycles. The highest BCUT2D eigenvalue weighted by Crippen LogP contribution is 2.40. The Balaban J connectivity index is 1.33. The second-order valence-electron chi connectivity index (χ2n) is 6.42. The van der Waals surface area contributed by atoms with E-state index in [9.17, 15) is 4.39 Å². The molecule has 0 aromatic carbocycles. The van der Waals surface area contributed by atoms with Crippen molar-refractivity contribution in [2.75, 3.05) is 18.0 Å². The van der Waals surface area contributed by atoms with Crippen LogP contribution in [0.2, 0.25) is 0 Å². The summed E-state index contributed by atoms with van der Waals surface area (Å²) in [6.45, 7) is 2.44. The minimum atomic E-state index is -0.215. The van der Waals surface area contributed by atoms with Gasteiger partial charge in [-0.25, -0.2) is 9.37 Å². The summed E-state index contributed by atoms with van der Waals surface area (Å²) >= 11 is 1.73. The normalized spacial score (nSPS) is 23.5. The van der Waals surface area contributed by atoms with Crippen molar-refractivity contribution < 1.29 is 4.39 Å². The minimum absolute atomic E-state index is 0.215. The molecule has 7 heteroatoms. The van der Waals surface area contributed by atoms with Crippen molar-refractivity contribution in [3.63, 3.8) is 0 Å². The molecule has 2 bridgehead atoms. The molecule has 3 fully saturated rings. The summed E-state index contributed by atoms with van der Waals surface area (Å²) in [5.41, 5.74) is 1.51. The Kier molecular flexibility index (Phi) is 3.24. The van der Waals surface area contributed by atoms with Gasteiger partial charge in [-0.3, -0.25) is 14.9 Å². The van der Waals surface area contributed by atoms with Crippen LogP contribution in [0.4, 0.5) is 9.52 Å². The van der Waals surface area contributed by atoms with Crippen molar-refractivity contribution in [2.45, 2.75) is 25.0 Å². The van der Waals surface area contributed by atoms with E-state index in [1.54, 1.807) is 23.6 Å². The molecule has 2 unspecified atom stereocenters. The second kappa shape index (κ2) is 5.46. The average Bonchev–Trinajstić information content (AvgIpc) is 3.00. The van der Waals surface area contributed by atoms with Crippen LogP contribution in [0.5, 0.6) is 0 Å². The smallest absolute Gasteiger partial charge is 0.187 e. The first-order chi connectivity index (χ1) is 11.8. The lowest BCUT2D eigenvalue weighted by molar-refractivity contribution is 0.106. The highest BCUT2D eigenvalue weighted by atomic mass is 32.1. The predicted octanol–water partition coefficient (Wildman–Crippen LogP) is 2.69. The summed E-state index contributed by atoms with van der Waals surface area (Å²) in [5.74, 6) is -0.215. The van der Waals surface area contributed by atoms with Gasteiger partial charge in [-0.05, 0) is 24.6 Å². The van der Waals surface area contributed by atoms with Crippen LogP contribution in [-0.2, 0) is 6.54 Å². The Morgan fingerprint density at radius 3 is 2.88 bits per heavy atom. The Morgan fingerprint density at radius 2 is 2.08 bits per heavy atom. The molecule has 0 saturated carbocycles. The summed E-state index contributed by atoms with van der Waals surface area (Å²) < 4.78 is 15.0.